The van der Waals surface area contributed by atoms with Crippen molar-refractivity contribution >= 4 is 53.4 Å². The number of hydrazone groups is 1. The van der Waals surface area contributed by atoms with Crippen LogP contribution in [0.2, 0.25) is 5.02 Å². The minimum Gasteiger partial charge on any atom is -0.447 e. The van der Waals surface area contributed by atoms with Gasteiger partial charge >= 0.3 is 12.1 Å². The molecule has 0 bridgehead atoms. The lowest BCUT2D eigenvalue weighted by Gasteiger charge is -2.35. The van der Waals surface area contributed by atoms with E-state index in [0.717, 1.165) is 24.1 Å². The minimum absolute atomic E-state index is 0.0447. The molecule has 1 saturated carbocycles. The number of nitrogens with zero attached hydrogens (tertiary/aromatic N) is 7. The number of carbonyl (C=O) groups excluding carboxylic acids is 2. The zero-order valence-corrected chi connectivity index (χ0v) is 30.1. The quantitative estimate of drug-likeness (QED) is 0.132. The highest BCUT2D eigenvalue weighted by atomic mass is 35.5. The molecule has 52 heavy (non-hydrogen) atoms. The van der Waals surface area contributed by atoms with Crippen LogP contribution in [0.15, 0.2) is 75.8 Å². The highest BCUT2D eigenvalue weighted by molar-refractivity contribution is 6.33. The molecule has 3 aliphatic rings. The first-order valence-corrected chi connectivity index (χ1v) is 16.9. The Morgan fingerprint density at radius 1 is 1.31 bits per heavy atom. The van der Waals surface area contributed by atoms with Gasteiger partial charge in [0.05, 0.1) is 35.2 Å². The zero-order chi connectivity index (χ0) is 38.2. The molecule has 1 aromatic carbocycles. The Balaban J connectivity index is 1.56. The summed E-state index contributed by atoms with van der Waals surface area (Å²) in [6, 6.07) is -0.720. The molecule has 1 aromatic heterocycles. The molecule has 2 aliphatic heterocycles. The Kier molecular flexibility index (Phi) is 10.7. The van der Waals surface area contributed by atoms with Crippen molar-refractivity contribution in [3.63, 3.8) is 0 Å². The Morgan fingerprint density at radius 2 is 2.02 bits per heavy atom. The third kappa shape index (κ3) is 8.07. The van der Waals surface area contributed by atoms with Crippen molar-refractivity contribution in [2.45, 2.75) is 83.8 Å². The lowest BCUT2D eigenvalue weighted by molar-refractivity contribution is -0.133. The van der Waals surface area contributed by atoms with Crippen LogP contribution >= 0.6 is 11.6 Å². The van der Waals surface area contributed by atoms with Crippen molar-refractivity contribution in [1.82, 2.24) is 20.0 Å². The summed E-state index contributed by atoms with van der Waals surface area (Å²) in [5.74, 6) is -1.99. The monoisotopic (exact) mass is 743 g/mol. The van der Waals surface area contributed by atoms with Crippen LogP contribution in [-0.2, 0) is 9.53 Å². The fraction of sp³-hybridized carbons (Fsp3) is 0.429. The number of alkyl carbamates (subject to hydrolysis) is 1. The second kappa shape index (κ2) is 14.6. The van der Waals surface area contributed by atoms with Crippen molar-refractivity contribution in [1.29, 1.82) is 0 Å². The summed E-state index contributed by atoms with van der Waals surface area (Å²) in [6.07, 6.45) is 7.39. The first kappa shape index (κ1) is 38.3. The van der Waals surface area contributed by atoms with Crippen molar-refractivity contribution < 1.29 is 32.6 Å². The number of benzene rings is 1. The number of carbonyl (C=O) groups is 2. The van der Waals surface area contributed by atoms with E-state index in [1.807, 2.05) is 31.6 Å². The highest BCUT2D eigenvalue weighted by Gasteiger charge is 2.55. The van der Waals surface area contributed by atoms with Crippen molar-refractivity contribution in [2.75, 3.05) is 11.6 Å². The number of rotatable bonds is 12. The van der Waals surface area contributed by atoms with Gasteiger partial charge in [0.2, 0.25) is 0 Å². The number of amides is 2. The molecule has 1 aliphatic carbocycles. The first-order chi connectivity index (χ1) is 24.4. The van der Waals surface area contributed by atoms with E-state index < -0.39 is 53.7 Å². The Labute approximate surface area is 304 Å². The molecule has 3 atom stereocenters. The number of hydrogen-bond donors (Lipinski definition) is 3. The molecule has 4 N–H and O–H groups in total. The number of nitrogens with one attached hydrogen (secondary N) is 1. The van der Waals surface area contributed by atoms with Gasteiger partial charge in [-0.25, -0.2) is 19.2 Å². The fourth-order valence-electron chi connectivity index (χ4n) is 6.01. The average molecular weight is 744 g/mol. The van der Waals surface area contributed by atoms with Crippen LogP contribution in [0.25, 0.3) is 5.57 Å². The van der Waals surface area contributed by atoms with Crippen LogP contribution in [0.4, 0.5) is 23.7 Å². The van der Waals surface area contributed by atoms with Crippen LogP contribution < -0.4 is 16.1 Å². The van der Waals surface area contributed by atoms with Crippen LogP contribution in [-0.4, -0.2) is 74.7 Å². The third-order valence-electron chi connectivity index (χ3n) is 8.49. The molecular formula is C35H41ClF3N9O4. The summed E-state index contributed by atoms with van der Waals surface area (Å²) in [5, 5.41) is 20.1. The molecule has 17 heteroatoms. The largest absolute Gasteiger partial charge is 0.447 e. The Hall–Kier alpha value is -4.96. The number of guanidine groups is 1. The lowest BCUT2D eigenvalue weighted by atomic mass is 9.75. The van der Waals surface area contributed by atoms with Gasteiger partial charge in [0, 0.05) is 17.3 Å². The van der Waals surface area contributed by atoms with E-state index in [2.05, 4.69) is 32.1 Å². The number of nitrogens with two attached hydrogens (primary N) is 1. The fourth-order valence-corrected chi connectivity index (χ4v) is 6.21. The SMILES string of the molecule is C=C(/C(F)=C\C(=C/C)c1cnn(C2CC2)c1)[C@@]1(CC(C)(C)C)N=C(N)N([C@H](COC(=O)N[C@@H](C)O)c2ccc(Cl)c(N3N=CN=CC3(F)F)c2)C1=O. The number of aromatic nitrogens is 2. The Bertz CT molecular complexity index is 1890. The highest BCUT2D eigenvalue weighted by Crippen LogP contribution is 2.46. The van der Waals surface area contributed by atoms with Crippen molar-refractivity contribution in [2.24, 2.45) is 26.2 Å². The number of aliphatic hydroxyl groups is 1. The maximum absolute atomic E-state index is 16.5. The average Bonchev–Trinajstić information content (AvgIpc) is 3.74. The predicted octanol–water partition coefficient (Wildman–Crippen LogP) is 6.25. The van der Waals surface area contributed by atoms with Gasteiger partial charge < -0.3 is 15.6 Å². The van der Waals surface area contributed by atoms with Crippen LogP contribution in [0, 0.1) is 5.41 Å². The van der Waals surface area contributed by atoms with E-state index in [0.29, 0.717) is 28.4 Å². The summed E-state index contributed by atoms with van der Waals surface area (Å²) >= 11 is 6.36. The maximum atomic E-state index is 16.5. The van der Waals surface area contributed by atoms with E-state index in [1.54, 1.807) is 19.2 Å². The zero-order valence-electron chi connectivity index (χ0n) is 29.4. The predicted molar refractivity (Wildman–Crippen MR) is 193 cm³/mol. The second-order valence-corrected chi connectivity index (χ2v) is 14.4. The van der Waals surface area contributed by atoms with Gasteiger partial charge in [-0.3, -0.25) is 19.7 Å². The molecule has 0 saturated heterocycles. The second-order valence-electron chi connectivity index (χ2n) is 14.0. The summed E-state index contributed by atoms with van der Waals surface area (Å²) in [5.41, 5.74) is 4.66. The molecule has 5 rings (SSSR count). The van der Waals surface area contributed by atoms with Crippen LogP contribution in [0.1, 0.15) is 77.1 Å². The van der Waals surface area contributed by atoms with E-state index >= 15 is 4.39 Å². The molecule has 0 unspecified atom stereocenters. The number of alkyl halides is 2. The van der Waals surface area contributed by atoms with Crippen LogP contribution in [0.3, 0.4) is 0 Å². The molecule has 0 spiro atoms. The van der Waals surface area contributed by atoms with Crippen molar-refractivity contribution in [3.05, 3.63) is 76.9 Å². The molecule has 278 valence electrons. The minimum atomic E-state index is -3.67. The molecule has 13 nitrogen and oxygen atoms in total. The number of ether oxygens (including phenoxy) is 1. The molecule has 3 heterocycles. The van der Waals surface area contributed by atoms with Gasteiger partial charge in [0.15, 0.2) is 11.5 Å². The maximum Gasteiger partial charge on any atom is 0.409 e. The number of halogens is 4. The van der Waals surface area contributed by atoms with E-state index in [4.69, 9.17) is 22.1 Å². The van der Waals surface area contributed by atoms with Gasteiger partial charge in [-0.2, -0.15) is 24.0 Å². The number of aliphatic hydroxyl groups excluding tert-OH is 1. The molecule has 1 fully saturated rings. The first-order valence-electron chi connectivity index (χ1n) is 16.5. The molecular weight excluding hydrogens is 703 g/mol. The van der Waals surface area contributed by atoms with Gasteiger partial charge in [-0.1, -0.05) is 51.1 Å². The number of anilines is 1. The lowest BCUT2D eigenvalue weighted by Crippen LogP contribution is -2.49. The Morgan fingerprint density at radius 3 is 2.63 bits per heavy atom. The van der Waals surface area contributed by atoms with Gasteiger partial charge in [0.25, 0.3) is 5.91 Å². The summed E-state index contributed by atoms with van der Waals surface area (Å²) in [4.78, 5) is 36.3. The number of hydrogen-bond acceptors (Lipinski definition) is 10. The summed E-state index contributed by atoms with van der Waals surface area (Å²) in [6.45, 7) is 12.0. The molecule has 0 radical (unpaired) electrons. The topological polar surface area (TPSA) is 163 Å². The van der Waals surface area contributed by atoms with Gasteiger partial charge in [-0.15, -0.1) is 0 Å². The standard InChI is InChI=1S/C35H41ClF3N9O4/c1-7-22(24-14-42-46(15-24)25-9-10-25)12-27(37)20(2)34(17-33(4,5)6)30(50)47(31(40)45-34)29(16-52-32(51)44-21(3)49)23-8-11-26(36)28(13-23)48-35(38,39)18-41-19-43-48/h7-8,11-15,18-19,21,25,29,49H,2,9-10,16-17H2,1,3-6H3,(H2,40,45)(H,44,51)/b22-7+,27-12+/t21-,29-,34-/m1/s1. The summed E-state index contributed by atoms with van der Waals surface area (Å²) in [7, 11) is 0. The van der Waals surface area contributed by atoms with E-state index in [1.165, 1.54) is 31.2 Å². The summed E-state index contributed by atoms with van der Waals surface area (Å²) < 4.78 is 53.5. The number of allylic oxidation sites excluding steroid dienone is 3. The third-order valence-corrected chi connectivity index (χ3v) is 8.81. The molecule has 2 amide bonds. The normalized spacial score (nSPS) is 21.7. The van der Waals surface area contributed by atoms with Gasteiger partial charge in [-0.05, 0) is 67.9 Å². The van der Waals surface area contributed by atoms with Crippen LogP contribution in [0.5, 0.6) is 0 Å². The van der Waals surface area contributed by atoms with Crippen molar-refractivity contribution in [3.8, 4) is 0 Å². The molecule has 2 aromatic rings. The van der Waals surface area contributed by atoms with Gasteiger partial charge in [0.1, 0.15) is 25.0 Å². The number of aliphatic imine (C=N–C) groups is 2. The van der Waals surface area contributed by atoms with E-state index in [9.17, 15) is 23.5 Å². The smallest absolute Gasteiger partial charge is 0.409 e. The van der Waals surface area contributed by atoms with E-state index in [-0.39, 0.29) is 34.2 Å².